The van der Waals surface area contributed by atoms with Gasteiger partial charge >= 0.3 is 0 Å². The second kappa shape index (κ2) is 8.36. The topological polar surface area (TPSA) is 99.5 Å². The molecule has 0 saturated carbocycles. The Morgan fingerprint density at radius 3 is 2.50 bits per heavy atom. The number of nitriles is 1. The first-order valence-corrected chi connectivity index (χ1v) is 9.60. The lowest BCUT2D eigenvalue weighted by Gasteiger charge is -2.22. The van der Waals surface area contributed by atoms with Crippen molar-refractivity contribution >= 4 is 21.6 Å². The third-order valence-corrected chi connectivity index (χ3v) is 4.81. The number of carbonyl (C=O) groups excluding carboxylic acids is 1. The van der Waals surface area contributed by atoms with Gasteiger partial charge in [0.25, 0.3) is 5.91 Å². The molecule has 0 unspecified atom stereocenters. The summed E-state index contributed by atoms with van der Waals surface area (Å²) < 4.78 is 30.3. The van der Waals surface area contributed by atoms with Crippen LogP contribution in [0, 0.1) is 11.3 Å². The van der Waals surface area contributed by atoms with Crippen LogP contribution in [0.25, 0.3) is 0 Å². The fourth-order valence-corrected chi connectivity index (χ4v) is 3.25. The van der Waals surface area contributed by atoms with Gasteiger partial charge in [0.05, 0.1) is 37.2 Å². The summed E-state index contributed by atoms with van der Waals surface area (Å²) in [4.78, 5) is 12.1. The number of hydrogen-bond acceptors (Lipinski definition) is 5. The van der Waals surface area contributed by atoms with Gasteiger partial charge in [-0.25, -0.2) is 8.42 Å². The van der Waals surface area contributed by atoms with Gasteiger partial charge < -0.3 is 10.1 Å². The Bertz CT molecular complexity index is 918. The summed E-state index contributed by atoms with van der Waals surface area (Å²) >= 11 is 0. The molecular formula is C18H19N3O4S. The molecule has 136 valence electrons. The molecule has 7 nitrogen and oxygen atoms in total. The standard InChI is InChI=1S/C18H19N3O4S/c1-25-17-8-6-15(7-9-17)18(22)20-10-11-21(26(2,23)24)16-5-3-4-14(12-16)13-19/h3-9,12H,10-11H2,1-2H3,(H,20,22). The number of ether oxygens (including phenoxy) is 1. The number of anilines is 1. The molecule has 0 aromatic heterocycles. The molecule has 0 bridgehead atoms. The van der Waals surface area contributed by atoms with Crippen LogP contribution in [0.1, 0.15) is 15.9 Å². The van der Waals surface area contributed by atoms with Crippen molar-refractivity contribution in [3.05, 3.63) is 59.7 Å². The maximum absolute atomic E-state index is 12.1. The minimum atomic E-state index is -3.56. The van der Waals surface area contributed by atoms with E-state index in [9.17, 15) is 13.2 Å². The van der Waals surface area contributed by atoms with E-state index in [1.54, 1.807) is 42.5 Å². The minimum absolute atomic E-state index is 0.0512. The molecule has 8 heteroatoms. The number of nitrogens with zero attached hydrogens (tertiary/aromatic N) is 2. The van der Waals surface area contributed by atoms with E-state index in [0.717, 1.165) is 10.6 Å². The Labute approximate surface area is 152 Å². The van der Waals surface area contributed by atoms with E-state index in [1.807, 2.05) is 6.07 Å². The number of hydrogen-bond donors (Lipinski definition) is 1. The number of benzene rings is 2. The fraction of sp³-hybridized carbons (Fsp3) is 0.222. The molecule has 1 amide bonds. The van der Waals surface area contributed by atoms with Crippen LogP contribution < -0.4 is 14.4 Å². The highest BCUT2D eigenvalue weighted by molar-refractivity contribution is 7.92. The second-order valence-electron chi connectivity index (χ2n) is 5.48. The number of carbonyl (C=O) groups is 1. The van der Waals surface area contributed by atoms with E-state index in [-0.39, 0.29) is 19.0 Å². The third-order valence-electron chi connectivity index (χ3n) is 3.62. The number of amides is 1. The van der Waals surface area contributed by atoms with Crippen LogP contribution in [-0.4, -0.2) is 40.8 Å². The number of rotatable bonds is 7. The molecule has 2 rings (SSSR count). The van der Waals surface area contributed by atoms with Gasteiger partial charge in [-0.05, 0) is 42.5 Å². The summed E-state index contributed by atoms with van der Waals surface area (Å²) in [6.45, 7) is 0.171. The summed E-state index contributed by atoms with van der Waals surface area (Å²) in [5.41, 5.74) is 1.19. The van der Waals surface area contributed by atoms with Crippen molar-refractivity contribution in [3.8, 4) is 11.8 Å². The van der Waals surface area contributed by atoms with Crippen LogP contribution in [0.3, 0.4) is 0 Å². The first-order valence-electron chi connectivity index (χ1n) is 7.75. The Morgan fingerprint density at radius 2 is 1.92 bits per heavy atom. The molecule has 26 heavy (non-hydrogen) atoms. The molecule has 2 aromatic carbocycles. The minimum Gasteiger partial charge on any atom is -0.497 e. The second-order valence-corrected chi connectivity index (χ2v) is 7.39. The lowest BCUT2D eigenvalue weighted by Crippen LogP contribution is -2.38. The van der Waals surface area contributed by atoms with E-state index >= 15 is 0 Å². The highest BCUT2D eigenvalue weighted by Gasteiger charge is 2.18. The molecule has 0 saturated heterocycles. The number of sulfonamides is 1. The van der Waals surface area contributed by atoms with Gasteiger partial charge in [0.1, 0.15) is 5.75 Å². The molecule has 0 aliphatic carbocycles. The van der Waals surface area contributed by atoms with E-state index in [2.05, 4.69) is 5.32 Å². The molecule has 0 fully saturated rings. The first-order chi connectivity index (χ1) is 12.3. The van der Waals surface area contributed by atoms with E-state index in [4.69, 9.17) is 10.00 Å². The predicted molar refractivity (Wildman–Crippen MR) is 98.7 cm³/mol. The van der Waals surface area contributed by atoms with Gasteiger partial charge in [-0.2, -0.15) is 5.26 Å². The zero-order valence-electron chi connectivity index (χ0n) is 14.5. The van der Waals surface area contributed by atoms with Gasteiger partial charge in [0.15, 0.2) is 0 Å². The van der Waals surface area contributed by atoms with Crippen LogP contribution in [0.4, 0.5) is 5.69 Å². The smallest absolute Gasteiger partial charge is 0.251 e. The highest BCUT2D eigenvalue weighted by atomic mass is 32.2. The van der Waals surface area contributed by atoms with E-state index in [0.29, 0.717) is 22.6 Å². The Morgan fingerprint density at radius 1 is 1.23 bits per heavy atom. The zero-order chi connectivity index (χ0) is 19.2. The summed E-state index contributed by atoms with van der Waals surface area (Å²) in [5.74, 6) is 0.328. The first kappa shape index (κ1) is 19.3. The number of nitrogens with one attached hydrogen (secondary N) is 1. The van der Waals surface area contributed by atoms with Gasteiger partial charge in [-0.3, -0.25) is 9.10 Å². The molecule has 0 heterocycles. The molecular weight excluding hydrogens is 354 g/mol. The largest absolute Gasteiger partial charge is 0.497 e. The Hall–Kier alpha value is -3.05. The molecule has 0 aliphatic heterocycles. The van der Waals surface area contributed by atoms with Gasteiger partial charge in [-0.15, -0.1) is 0 Å². The third kappa shape index (κ3) is 4.97. The summed E-state index contributed by atoms with van der Waals surface area (Å²) in [6.07, 6.45) is 1.08. The van der Waals surface area contributed by atoms with Gasteiger partial charge in [0.2, 0.25) is 10.0 Å². The van der Waals surface area contributed by atoms with Crippen LogP contribution in [0.5, 0.6) is 5.75 Å². The van der Waals surface area contributed by atoms with Gasteiger partial charge in [-0.1, -0.05) is 6.07 Å². The van der Waals surface area contributed by atoms with Crippen LogP contribution in [0.15, 0.2) is 48.5 Å². The van der Waals surface area contributed by atoms with Gasteiger partial charge in [0, 0.05) is 12.1 Å². The van der Waals surface area contributed by atoms with Crippen molar-refractivity contribution in [2.75, 3.05) is 30.8 Å². The van der Waals surface area contributed by atoms with Crippen molar-refractivity contribution in [2.45, 2.75) is 0 Å². The predicted octanol–water partition coefficient (Wildman–Crippen LogP) is 1.76. The lowest BCUT2D eigenvalue weighted by molar-refractivity contribution is 0.0955. The van der Waals surface area contributed by atoms with E-state index < -0.39 is 10.0 Å². The quantitative estimate of drug-likeness (QED) is 0.797. The lowest BCUT2D eigenvalue weighted by atomic mass is 10.2. The van der Waals surface area contributed by atoms with Crippen molar-refractivity contribution < 1.29 is 17.9 Å². The molecule has 0 atom stereocenters. The SMILES string of the molecule is COc1ccc(C(=O)NCCN(c2cccc(C#N)c2)S(C)(=O)=O)cc1. The Kier molecular flexibility index (Phi) is 6.20. The molecule has 2 aromatic rings. The van der Waals surface area contributed by atoms with Crippen molar-refractivity contribution in [2.24, 2.45) is 0 Å². The maximum Gasteiger partial charge on any atom is 0.251 e. The highest BCUT2D eigenvalue weighted by Crippen LogP contribution is 2.18. The molecule has 0 aliphatic rings. The van der Waals surface area contributed by atoms with Crippen molar-refractivity contribution in [3.63, 3.8) is 0 Å². The van der Waals surface area contributed by atoms with Crippen molar-refractivity contribution in [1.29, 1.82) is 5.26 Å². The van der Waals surface area contributed by atoms with Crippen LogP contribution in [0.2, 0.25) is 0 Å². The molecule has 1 N–H and O–H groups in total. The van der Waals surface area contributed by atoms with Crippen LogP contribution >= 0.6 is 0 Å². The van der Waals surface area contributed by atoms with Crippen LogP contribution in [-0.2, 0) is 10.0 Å². The average Bonchev–Trinajstić information content (AvgIpc) is 2.64. The number of methoxy groups -OCH3 is 1. The Balaban J connectivity index is 2.05. The fourth-order valence-electron chi connectivity index (χ4n) is 2.33. The summed E-state index contributed by atoms with van der Waals surface area (Å²) in [5, 5.41) is 11.7. The monoisotopic (exact) mass is 373 g/mol. The normalized spacial score (nSPS) is 10.7. The molecule has 0 spiro atoms. The summed E-state index contributed by atoms with van der Waals surface area (Å²) in [6, 6.07) is 14.9. The van der Waals surface area contributed by atoms with Crippen molar-refractivity contribution in [1.82, 2.24) is 5.32 Å². The summed E-state index contributed by atoms with van der Waals surface area (Å²) in [7, 11) is -2.02. The van der Waals surface area contributed by atoms with E-state index in [1.165, 1.54) is 13.2 Å². The maximum atomic E-state index is 12.1. The zero-order valence-corrected chi connectivity index (χ0v) is 15.3. The molecule has 0 radical (unpaired) electrons. The average molecular weight is 373 g/mol.